The lowest BCUT2D eigenvalue weighted by molar-refractivity contribution is -0.115. The fourth-order valence-electron chi connectivity index (χ4n) is 2.70. The number of ketones is 1. The Labute approximate surface area is 127 Å². The van der Waals surface area contributed by atoms with Gasteiger partial charge in [0, 0.05) is 5.57 Å². The average molecular weight is 333 g/mol. The van der Waals surface area contributed by atoms with Gasteiger partial charge in [0.25, 0.3) is 0 Å². The zero-order valence-corrected chi connectivity index (χ0v) is 12.8. The number of fused-ring (bicyclic) bond motifs is 1. The zero-order chi connectivity index (χ0) is 13.9. The van der Waals surface area contributed by atoms with Gasteiger partial charge >= 0.3 is 0 Å². The van der Waals surface area contributed by atoms with Crippen LogP contribution in [0.25, 0.3) is 0 Å². The summed E-state index contributed by atoms with van der Waals surface area (Å²) in [4.78, 5) is 12.0. The van der Waals surface area contributed by atoms with Crippen molar-refractivity contribution in [3.8, 4) is 0 Å². The van der Waals surface area contributed by atoms with Crippen LogP contribution in [0, 0.1) is 0 Å². The van der Waals surface area contributed by atoms with E-state index in [0.29, 0.717) is 6.61 Å². The van der Waals surface area contributed by atoms with Gasteiger partial charge < -0.3 is 4.74 Å². The van der Waals surface area contributed by atoms with Gasteiger partial charge in [-0.1, -0.05) is 58.4 Å². The molecule has 3 rings (SSSR count). The highest BCUT2D eigenvalue weighted by Gasteiger charge is 2.30. The molecule has 2 aliphatic rings. The van der Waals surface area contributed by atoms with Crippen LogP contribution in [0.5, 0.6) is 0 Å². The van der Waals surface area contributed by atoms with Crippen molar-refractivity contribution in [1.29, 1.82) is 0 Å². The molecule has 2 nitrogen and oxygen atoms in total. The third kappa shape index (κ3) is 2.94. The standard InChI is InChI=1S/C17H17BrO2/c18-16-9-6-13-10-14(7-8-15(13)17(16)19)20-11-12-4-2-1-3-5-12/h1-5,8,10,14,16H,6-7,9,11H2. The number of alkyl halides is 1. The third-order valence-electron chi connectivity index (χ3n) is 3.81. The highest BCUT2D eigenvalue weighted by Crippen LogP contribution is 2.34. The highest BCUT2D eigenvalue weighted by molar-refractivity contribution is 9.10. The van der Waals surface area contributed by atoms with Gasteiger partial charge in [0.15, 0.2) is 5.78 Å². The monoisotopic (exact) mass is 332 g/mol. The number of carbonyl (C=O) groups excluding carboxylic acids is 1. The minimum atomic E-state index is -0.00677. The van der Waals surface area contributed by atoms with E-state index in [4.69, 9.17) is 4.74 Å². The van der Waals surface area contributed by atoms with Crippen LogP contribution in [0.15, 0.2) is 53.6 Å². The summed E-state index contributed by atoms with van der Waals surface area (Å²) in [7, 11) is 0. The summed E-state index contributed by atoms with van der Waals surface area (Å²) in [6.45, 7) is 0.619. The van der Waals surface area contributed by atoms with Crippen molar-refractivity contribution >= 4 is 21.7 Å². The largest absolute Gasteiger partial charge is 0.369 e. The van der Waals surface area contributed by atoms with E-state index in [-0.39, 0.29) is 16.7 Å². The molecule has 3 heteroatoms. The second-order valence-electron chi connectivity index (χ2n) is 5.25. The summed E-state index contributed by atoms with van der Waals surface area (Å²) >= 11 is 3.44. The van der Waals surface area contributed by atoms with Crippen molar-refractivity contribution in [2.75, 3.05) is 0 Å². The maximum atomic E-state index is 12.0. The van der Waals surface area contributed by atoms with Crippen LogP contribution in [0.4, 0.5) is 0 Å². The molecule has 2 atom stereocenters. The number of carbonyl (C=O) groups is 1. The molecule has 0 bridgehead atoms. The first-order chi connectivity index (χ1) is 9.74. The molecule has 0 heterocycles. The van der Waals surface area contributed by atoms with Crippen LogP contribution in [0.2, 0.25) is 0 Å². The number of benzene rings is 1. The van der Waals surface area contributed by atoms with Crippen molar-refractivity contribution in [3.05, 3.63) is 59.2 Å². The first kappa shape index (κ1) is 13.8. The van der Waals surface area contributed by atoms with Gasteiger partial charge in [-0.2, -0.15) is 0 Å². The molecule has 104 valence electrons. The van der Waals surface area contributed by atoms with Crippen molar-refractivity contribution < 1.29 is 9.53 Å². The molecule has 2 aliphatic carbocycles. The maximum Gasteiger partial charge on any atom is 0.176 e. The van der Waals surface area contributed by atoms with E-state index in [0.717, 1.165) is 30.4 Å². The van der Waals surface area contributed by atoms with Gasteiger partial charge in [-0.15, -0.1) is 0 Å². The number of halogens is 1. The van der Waals surface area contributed by atoms with Gasteiger partial charge in [0.2, 0.25) is 0 Å². The summed E-state index contributed by atoms with van der Waals surface area (Å²) in [5.74, 6) is 0.226. The van der Waals surface area contributed by atoms with Gasteiger partial charge in [-0.05, 0) is 30.4 Å². The van der Waals surface area contributed by atoms with Crippen LogP contribution < -0.4 is 0 Å². The van der Waals surface area contributed by atoms with Crippen molar-refractivity contribution in [1.82, 2.24) is 0 Å². The van der Waals surface area contributed by atoms with Crippen LogP contribution in [-0.2, 0) is 16.1 Å². The molecule has 20 heavy (non-hydrogen) atoms. The van der Waals surface area contributed by atoms with Crippen molar-refractivity contribution in [2.24, 2.45) is 0 Å². The summed E-state index contributed by atoms with van der Waals surface area (Å²) in [5.41, 5.74) is 3.24. The van der Waals surface area contributed by atoms with Gasteiger partial charge in [0.1, 0.15) is 0 Å². The van der Waals surface area contributed by atoms with Crippen LogP contribution in [0.3, 0.4) is 0 Å². The Morgan fingerprint density at radius 1 is 1.25 bits per heavy atom. The Balaban J connectivity index is 1.63. The zero-order valence-electron chi connectivity index (χ0n) is 11.2. The summed E-state index contributed by atoms with van der Waals surface area (Å²) in [5, 5.41) is 0. The lowest BCUT2D eigenvalue weighted by Crippen LogP contribution is -2.26. The predicted octanol–water partition coefficient (Wildman–Crippen LogP) is 3.95. The first-order valence-electron chi connectivity index (χ1n) is 6.99. The molecule has 0 spiro atoms. The highest BCUT2D eigenvalue weighted by atomic mass is 79.9. The van der Waals surface area contributed by atoms with Crippen LogP contribution in [0.1, 0.15) is 24.8 Å². The predicted molar refractivity (Wildman–Crippen MR) is 82.8 cm³/mol. The van der Waals surface area contributed by atoms with Crippen LogP contribution >= 0.6 is 15.9 Å². The molecule has 1 fully saturated rings. The summed E-state index contributed by atoms with van der Waals surface area (Å²) < 4.78 is 5.94. The van der Waals surface area contributed by atoms with E-state index in [9.17, 15) is 4.79 Å². The van der Waals surface area contributed by atoms with Crippen molar-refractivity contribution in [2.45, 2.75) is 36.8 Å². The Hall–Kier alpha value is -1.19. The Kier molecular flexibility index (Phi) is 4.18. The summed E-state index contributed by atoms with van der Waals surface area (Å²) in [6, 6.07) is 10.2. The number of Topliss-reactive ketones (excluding diaryl/α,β-unsaturated/α-hetero) is 1. The second-order valence-corrected chi connectivity index (χ2v) is 6.36. The molecule has 0 N–H and O–H groups in total. The molecule has 0 saturated heterocycles. The lowest BCUT2D eigenvalue weighted by atomic mass is 9.83. The normalized spacial score (nSPS) is 25.8. The van der Waals surface area contributed by atoms with E-state index in [1.807, 2.05) is 24.3 Å². The van der Waals surface area contributed by atoms with E-state index in [2.05, 4.69) is 34.1 Å². The molecule has 0 aliphatic heterocycles. The number of rotatable bonds is 3. The third-order valence-corrected chi connectivity index (χ3v) is 4.68. The molecule has 1 aromatic carbocycles. The Morgan fingerprint density at radius 2 is 2.05 bits per heavy atom. The topological polar surface area (TPSA) is 26.3 Å². The van der Waals surface area contributed by atoms with E-state index < -0.39 is 0 Å². The molecular formula is C17H17BrO2. The smallest absolute Gasteiger partial charge is 0.176 e. The SMILES string of the molecule is O=C1C2=CCC(OCc3ccccc3)C=C2CCC1Br. The average Bonchev–Trinajstić information content (AvgIpc) is 2.50. The van der Waals surface area contributed by atoms with Gasteiger partial charge in [-0.25, -0.2) is 0 Å². The quantitative estimate of drug-likeness (QED) is 0.783. The Bertz CT molecular complexity index is 560. The molecule has 0 amide bonds. The van der Waals surface area contributed by atoms with E-state index in [1.165, 1.54) is 5.56 Å². The van der Waals surface area contributed by atoms with E-state index in [1.54, 1.807) is 0 Å². The molecule has 1 saturated carbocycles. The fraction of sp³-hybridized carbons (Fsp3) is 0.353. The minimum Gasteiger partial charge on any atom is -0.369 e. The molecule has 0 radical (unpaired) electrons. The second kappa shape index (κ2) is 6.06. The Morgan fingerprint density at radius 3 is 2.85 bits per heavy atom. The van der Waals surface area contributed by atoms with Gasteiger partial charge in [0.05, 0.1) is 17.5 Å². The fourth-order valence-corrected chi connectivity index (χ4v) is 3.18. The van der Waals surface area contributed by atoms with Crippen molar-refractivity contribution in [3.63, 3.8) is 0 Å². The number of hydrogen-bond donors (Lipinski definition) is 0. The minimum absolute atomic E-state index is 0.00677. The lowest BCUT2D eigenvalue weighted by Gasteiger charge is -2.27. The molecule has 2 unspecified atom stereocenters. The molecular weight excluding hydrogens is 316 g/mol. The molecule has 0 aromatic heterocycles. The number of ether oxygens (including phenoxy) is 1. The van der Waals surface area contributed by atoms with Gasteiger partial charge in [-0.3, -0.25) is 4.79 Å². The number of allylic oxidation sites excluding steroid dienone is 2. The molecule has 1 aromatic rings. The number of hydrogen-bond acceptors (Lipinski definition) is 2. The summed E-state index contributed by atoms with van der Waals surface area (Å²) in [6.07, 6.45) is 6.90. The van der Waals surface area contributed by atoms with E-state index >= 15 is 0 Å². The van der Waals surface area contributed by atoms with Crippen LogP contribution in [-0.4, -0.2) is 16.7 Å². The first-order valence-corrected chi connectivity index (χ1v) is 7.90. The maximum absolute atomic E-state index is 12.0.